The zero-order chi connectivity index (χ0) is 23.8. The normalized spacial score (nSPS) is 46.4. The fraction of sp³-hybridized carbons (Fsp3) is 0.692. The van der Waals surface area contributed by atoms with Crippen LogP contribution >= 0.6 is 0 Å². The van der Waals surface area contributed by atoms with Crippen molar-refractivity contribution >= 4 is 23.4 Å². The van der Waals surface area contributed by atoms with Crippen LogP contribution in [0, 0.1) is 28.6 Å². The first-order valence-electron chi connectivity index (χ1n) is 12.0. The van der Waals surface area contributed by atoms with E-state index in [0.717, 1.165) is 25.0 Å². The number of ether oxygens (including phenoxy) is 2. The summed E-state index contributed by atoms with van der Waals surface area (Å²) in [6.45, 7) is 7.10. The fourth-order valence-electron chi connectivity index (χ4n) is 8.12. The average molecular weight is 455 g/mol. The van der Waals surface area contributed by atoms with Crippen molar-refractivity contribution in [1.82, 2.24) is 0 Å². The summed E-state index contributed by atoms with van der Waals surface area (Å²) in [5, 5.41) is 11.7. The highest BCUT2D eigenvalue weighted by Crippen LogP contribution is 2.69. The predicted molar refractivity (Wildman–Crippen MR) is 124 cm³/mol. The molecule has 0 amide bonds. The number of carbonyl (C=O) groups is 2. The van der Waals surface area contributed by atoms with Gasteiger partial charge in [0.1, 0.15) is 6.10 Å². The number of aliphatic hydroxyl groups is 1. The van der Waals surface area contributed by atoms with E-state index in [4.69, 9.17) is 14.5 Å². The molecule has 1 aliphatic heterocycles. The van der Waals surface area contributed by atoms with Gasteiger partial charge >= 0.3 is 5.97 Å². The minimum absolute atomic E-state index is 0.0646. The van der Waals surface area contributed by atoms with Gasteiger partial charge in [0, 0.05) is 37.6 Å². The highest BCUT2D eigenvalue weighted by molar-refractivity contribution is 6.05. The Kier molecular flexibility index (Phi) is 5.02. The Morgan fingerprint density at radius 2 is 2.12 bits per heavy atom. The van der Waals surface area contributed by atoms with Gasteiger partial charge in [-0.2, -0.15) is 0 Å². The molecule has 3 fully saturated rings. The maximum Gasteiger partial charge on any atom is 0.303 e. The summed E-state index contributed by atoms with van der Waals surface area (Å²) in [6, 6.07) is 0. The molecule has 33 heavy (non-hydrogen) atoms. The summed E-state index contributed by atoms with van der Waals surface area (Å²) in [6.07, 6.45) is 8.60. The molecule has 5 rings (SSSR count). The molecular weight excluding hydrogens is 420 g/mol. The van der Waals surface area contributed by atoms with Crippen LogP contribution < -0.4 is 0 Å². The zero-order valence-electron chi connectivity index (χ0n) is 20.1. The van der Waals surface area contributed by atoms with Crippen LogP contribution in [0.4, 0.5) is 0 Å². The first kappa shape index (κ1) is 22.5. The van der Waals surface area contributed by atoms with E-state index in [1.165, 1.54) is 12.5 Å². The number of ketones is 1. The number of aliphatic hydroxyl groups excluding tert-OH is 1. The van der Waals surface area contributed by atoms with Crippen LogP contribution in [0.3, 0.4) is 0 Å². The first-order valence-corrected chi connectivity index (χ1v) is 12.0. The Morgan fingerprint density at radius 3 is 2.82 bits per heavy atom. The molecule has 1 N–H and O–H groups in total. The highest BCUT2D eigenvalue weighted by atomic mass is 16.5. The van der Waals surface area contributed by atoms with Crippen molar-refractivity contribution in [3.63, 3.8) is 0 Å². The van der Waals surface area contributed by atoms with Crippen LogP contribution in [-0.2, 0) is 19.1 Å². The summed E-state index contributed by atoms with van der Waals surface area (Å²) in [5.74, 6) is 0.276. The maximum absolute atomic E-state index is 13.6. The third kappa shape index (κ3) is 2.90. The van der Waals surface area contributed by atoms with Crippen molar-refractivity contribution < 1.29 is 24.2 Å². The molecule has 0 radical (unpaired) electrons. The largest absolute Gasteiger partial charge is 0.475 e. The number of Topliss-reactive ketones (excluding diaryl/α,β-unsaturated/α-hetero) is 1. The lowest BCUT2D eigenvalue weighted by Gasteiger charge is -2.59. The van der Waals surface area contributed by atoms with Crippen molar-refractivity contribution in [2.24, 2.45) is 38.6 Å². The molecular formula is C26H34N2O5. The number of rotatable bonds is 3. The molecule has 7 heteroatoms. The lowest BCUT2D eigenvalue weighted by Crippen LogP contribution is -2.62. The minimum atomic E-state index is -1.12. The van der Waals surface area contributed by atoms with Gasteiger partial charge in [-0.25, -0.2) is 4.99 Å². The van der Waals surface area contributed by atoms with E-state index in [1.807, 2.05) is 0 Å². The number of fused-ring (bicyclic) bond motifs is 7. The zero-order valence-corrected chi connectivity index (χ0v) is 20.1. The Labute approximate surface area is 195 Å². The smallest absolute Gasteiger partial charge is 0.303 e. The Balaban J connectivity index is 1.55. The number of hydrogen-bond donors (Lipinski definition) is 1. The summed E-state index contributed by atoms with van der Waals surface area (Å²) < 4.78 is 11.2. The van der Waals surface area contributed by atoms with Crippen molar-refractivity contribution in [1.29, 1.82) is 0 Å². The number of esters is 1. The number of nitrogens with zero attached hydrogens (tertiary/aromatic N) is 2. The van der Waals surface area contributed by atoms with Crippen LogP contribution in [0.2, 0.25) is 0 Å². The van der Waals surface area contributed by atoms with Crippen LogP contribution in [0.5, 0.6) is 0 Å². The summed E-state index contributed by atoms with van der Waals surface area (Å²) in [7, 11) is 1.80. The molecule has 0 bridgehead atoms. The second-order valence-electron chi connectivity index (χ2n) is 10.9. The second-order valence-corrected chi connectivity index (χ2v) is 10.9. The Bertz CT molecular complexity index is 1030. The van der Waals surface area contributed by atoms with E-state index in [-0.39, 0.29) is 41.7 Å². The van der Waals surface area contributed by atoms with Gasteiger partial charge in [0.25, 0.3) is 0 Å². The lowest BCUT2D eigenvalue weighted by atomic mass is 9.46. The number of carbonyl (C=O) groups excluding carboxylic acids is 2. The molecule has 7 nitrogen and oxygen atoms in total. The van der Waals surface area contributed by atoms with Crippen molar-refractivity contribution in [3.8, 4) is 0 Å². The molecule has 8 atom stereocenters. The molecule has 178 valence electrons. The maximum atomic E-state index is 13.6. The monoisotopic (exact) mass is 454 g/mol. The Hall–Kier alpha value is -2.28. The van der Waals surface area contributed by atoms with Gasteiger partial charge in [-0.1, -0.05) is 25.5 Å². The minimum Gasteiger partial charge on any atom is -0.475 e. The van der Waals surface area contributed by atoms with Gasteiger partial charge in [-0.15, -0.1) is 0 Å². The van der Waals surface area contributed by atoms with Crippen molar-refractivity contribution in [2.45, 2.75) is 71.1 Å². The van der Waals surface area contributed by atoms with Crippen molar-refractivity contribution in [3.05, 3.63) is 23.8 Å². The standard InChI is InChI=1S/C26H34N2O5/c1-14-28-26(21(31)13-32-15(2)29)22(33-14)11-19-18-7-6-16-10-17(27-5)8-9-24(16,3)23(18)20(30)12-25(19,26)4/h8-10,18-20,22-23,30H,6-7,11-13H2,1-5H3/t18-,19-,20-,22+,23+,24-,25-,26+/m0/s1. The van der Waals surface area contributed by atoms with E-state index in [9.17, 15) is 14.7 Å². The van der Waals surface area contributed by atoms with Gasteiger partial charge in [-0.05, 0) is 49.7 Å². The molecule has 1 heterocycles. The average Bonchev–Trinajstić information content (AvgIpc) is 3.21. The Morgan fingerprint density at radius 1 is 1.36 bits per heavy atom. The van der Waals surface area contributed by atoms with E-state index in [1.54, 1.807) is 14.0 Å². The van der Waals surface area contributed by atoms with Crippen LogP contribution in [-0.4, -0.2) is 59.9 Å². The van der Waals surface area contributed by atoms with E-state index in [2.05, 4.69) is 37.1 Å². The van der Waals surface area contributed by atoms with E-state index < -0.39 is 23.0 Å². The summed E-state index contributed by atoms with van der Waals surface area (Å²) in [4.78, 5) is 34.2. The highest BCUT2D eigenvalue weighted by Gasteiger charge is 2.74. The second kappa shape index (κ2) is 7.36. The third-order valence-electron chi connectivity index (χ3n) is 9.44. The van der Waals surface area contributed by atoms with Gasteiger partial charge < -0.3 is 14.6 Å². The van der Waals surface area contributed by atoms with Crippen LogP contribution in [0.25, 0.3) is 0 Å². The summed E-state index contributed by atoms with van der Waals surface area (Å²) in [5.41, 5.74) is 0.382. The number of allylic oxidation sites excluding steroid dienone is 4. The molecule has 0 unspecified atom stereocenters. The van der Waals surface area contributed by atoms with Gasteiger partial charge in [0.2, 0.25) is 5.78 Å². The van der Waals surface area contributed by atoms with E-state index >= 15 is 0 Å². The van der Waals surface area contributed by atoms with Crippen LogP contribution in [0.1, 0.15) is 53.4 Å². The first-order chi connectivity index (χ1) is 15.6. The van der Waals surface area contributed by atoms with Gasteiger partial charge in [0.15, 0.2) is 18.0 Å². The van der Waals surface area contributed by atoms with Crippen LogP contribution in [0.15, 0.2) is 33.8 Å². The van der Waals surface area contributed by atoms with Gasteiger partial charge in [-0.3, -0.25) is 14.6 Å². The molecule has 0 aromatic rings. The quantitative estimate of drug-likeness (QED) is 0.661. The molecule has 0 aromatic carbocycles. The topological polar surface area (TPSA) is 97.6 Å². The van der Waals surface area contributed by atoms with E-state index in [0.29, 0.717) is 12.3 Å². The fourth-order valence-corrected chi connectivity index (χ4v) is 8.12. The molecule has 0 spiro atoms. The molecule has 4 aliphatic carbocycles. The molecule has 0 saturated heterocycles. The SMILES string of the molecule is CN=C1C=C[C@@]2(C)C(=C1)CC[C@@H]1[C@@H]2[C@@H](O)C[C@@]2(C)[C@H]1C[C@H]1OC(C)=N[C@]12C(=O)COC(C)=O. The van der Waals surface area contributed by atoms with Gasteiger partial charge in [0.05, 0.1) is 11.8 Å². The molecule has 0 aromatic heterocycles. The summed E-state index contributed by atoms with van der Waals surface area (Å²) >= 11 is 0. The molecule has 5 aliphatic rings. The molecule has 3 saturated carbocycles. The lowest BCUT2D eigenvalue weighted by molar-refractivity contribution is -0.154. The predicted octanol–water partition coefficient (Wildman–Crippen LogP) is 3.06. The third-order valence-corrected chi connectivity index (χ3v) is 9.44. The number of hydrogen-bond acceptors (Lipinski definition) is 7. The number of aliphatic imine (C=N–C) groups is 2. The van der Waals surface area contributed by atoms with Crippen molar-refractivity contribution in [2.75, 3.05) is 13.7 Å².